The number of rotatable bonds is 4. The molecule has 0 aromatic carbocycles. The van der Waals surface area contributed by atoms with Gasteiger partial charge in [0.25, 0.3) is 0 Å². The van der Waals surface area contributed by atoms with Crippen molar-refractivity contribution >= 4 is 16.7 Å². The first kappa shape index (κ1) is 16.1. The van der Waals surface area contributed by atoms with Crippen LogP contribution in [0.5, 0.6) is 0 Å². The zero-order valence-electron chi connectivity index (χ0n) is 14.7. The van der Waals surface area contributed by atoms with E-state index < -0.39 is 0 Å². The topological polar surface area (TPSA) is 80.8 Å². The fourth-order valence-electron chi connectivity index (χ4n) is 3.65. The lowest BCUT2D eigenvalue weighted by Crippen LogP contribution is -2.21. The molecule has 25 heavy (non-hydrogen) atoms. The Kier molecular flexibility index (Phi) is 4.17. The lowest BCUT2D eigenvalue weighted by molar-refractivity contribution is 0.109. The van der Waals surface area contributed by atoms with Gasteiger partial charge in [0.1, 0.15) is 11.5 Å². The van der Waals surface area contributed by atoms with Crippen molar-refractivity contribution in [3.63, 3.8) is 0 Å². The lowest BCUT2D eigenvalue weighted by atomic mass is 9.93. The highest BCUT2D eigenvalue weighted by Gasteiger charge is 2.25. The van der Waals surface area contributed by atoms with E-state index in [1.807, 2.05) is 25.6 Å². The van der Waals surface area contributed by atoms with Gasteiger partial charge in [-0.1, -0.05) is 0 Å². The molecule has 7 nitrogen and oxygen atoms in total. The summed E-state index contributed by atoms with van der Waals surface area (Å²) in [5.74, 6) is 0.865. The first-order chi connectivity index (χ1) is 12.2. The quantitative estimate of drug-likeness (QED) is 0.763. The van der Waals surface area contributed by atoms with Crippen LogP contribution in [0.2, 0.25) is 0 Å². The number of hydrogen-bond acceptors (Lipinski definition) is 5. The molecule has 3 aromatic rings. The van der Waals surface area contributed by atoms with E-state index >= 15 is 0 Å². The number of aliphatic hydroxyl groups is 1. The van der Waals surface area contributed by atoms with E-state index in [0.29, 0.717) is 6.04 Å². The van der Waals surface area contributed by atoms with Gasteiger partial charge in [-0.3, -0.25) is 9.36 Å². The maximum Gasteiger partial charge on any atom is 0.128 e. The van der Waals surface area contributed by atoms with Crippen LogP contribution in [0.3, 0.4) is 0 Å². The Morgan fingerprint density at radius 2 is 2.04 bits per heavy atom. The van der Waals surface area contributed by atoms with E-state index in [9.17, 15) is 5.11 Å². The van der Waals surface area contributed by atoms with Crippen molar-refractivity contribution < 1.29 is 5.11 Å². The molecule has 132 valence electrons. The molecule has 3 aromatic heterocycles. The van der Waals surface area contributed by atoms with Gasteiger partial charge in [0.05, 0.1) is 23.9 Å². The number of nitrogens with zero attached hydrogens (tertiary/aromatic N) is 5. The standard InChI is InChI=1S/C18H24N6O/c1-3-19-17-8-16-15(10-20-17)18(12-9-21-23(2)11-12)22-24(16)13-4-6-14(25)7-5-13/h8-11,13-14,25H,3-7H2,1-2H3,(H,19,20). The molecule has 3 heterocycles. The van der Waals surface area contributed by atoms with Crippen LogP contribution in [0.1, 0.15) is 38.6 Å². The second kappa shape index (κ2) is 6.48. The van der Waals surface area contributed by atoms with Crippen LogP contribution < -0.4 is 5.32 Å². The monoisotopic (exact) mass is 340 g/mol. The van der Waals surface area contributed by atoms with Gasteiger partial charge >= 0.3 is 0 Å². The number of nitrogens with one attached hydrogen (secondary N) is 1. The van der Waals surface area contributed by atoms with Gasteiger partial charge in [-0.15, -0.1) is 0 Å². The number of hydrogen-bond donors (Lipinski definition) is 2. The molecule has 1 aliphatic rings. The number of fused-ring (bicyclic) bond motifs is 1. The number of pyridine rings is 1. The second-order valence-corrected chi connectivity index (χ2v) is 6.78. The summed E-state index contributed by atoms with van der Waals surface area (Å²) in [5.41, 5.74) is 3.01. The Balaban J connectivity index is 1.83. The predicted octanol–water partition coefficient (Wildman–Crippen LogP) is 2.74. The minimum Gasteiger partial charge on any atom is -0.393 e. The molecule has 0 amide bonds. The third-order valence-corrected chi connectivity index (χ3v) is 4.94. The molecular formula is C18H24N6O. The Bertz CT molecular complexity index is 875. The molecule has 0 atom stereocenters. The second-order valence-electron chi connectivity index (χ2n) is 6.78. The highest BCUT2D eigenvalue weighted by Crippen LogP contribution is 2.35. The van der Waals surface area contributed by atoms with E-state index in [4.69, 9.17) is 5.10 Å². The fourth-order valence-corrected chi connectivity index (χ4v) is 3.65. The Morgan fingerprint density at radius 3 is 2.72 bits per heavy atom. The molecule has 2 N–H and O–H groups in total. The molecule has 0 saturated heterocycles. The smallest absolute Gasteiger partial charge is 0.128 e. The zero-order valence-corrected chi connectivity index (χ0v) is 14.7. The first-order valence-electron chi connectivity index (χ1n) is 8.95. The van der Waals surface area contributed by atoms with Crippen LogP contribution in [0, 0.1) is 0 Å². The predicted molar refractivity (Wildman–Crippen MR) is 97.4 cm³/mol. The van der Waals surface area contributed by atoms with Crippen LogP contribution in [-0.2, 0) is 7.05 Å². The van der Waals surface area contributed by atoms with Gasteiger partial charge in [0.2, 0.25) is 0 Å². The molecule has 1 aliphatic carbocycles. The molecule has 0 bridgehead atoms. The van der Waals surface area contributed by atoms with Crippen LogP contribution >= 0.6 is 0 Å². The molecule has 7 heteroatoms. The number of aliphatic hydroxyl groups excluding tert-OH is 1. The van der Waals surface area contributed by atoms with E-state index in [1.54, 1.807) is 4.68 Å². The number of anilines is 1. The fraction of sp³-hybridized carbons (Fsp3) is 0.500. The highest BCUT2D eigenvalue weighted by atomic mass is 16.3. The van der Waals surface area contributed by atoms with Gasteiger partial charge in [-0.25, -0.2) is 4.98 Å². The number of aromatic nitrogens is 5. The first-order valence-corrected chi connectivity index (χ1v) is 8.95. The number of aryl methyl sites for hydroxylation is 1. The van der Waals surface area contributed by atoms with Gasteiger partial charge in [-0.05, 0) is 32.6 Å². The molecule has 0 unspecified atom stereocenters. The van der Waals surface area contributed by atoms with Crippen molar-refractivity contribution in [1.82, 2.24) is 24.5 Å². The third-order valence-electron chi connectivity index (χ3n) is 4.94. The summed E-state index contributed by atoms with van der Waals surface area (Å²) in [6, 6.07) is 2.39. The summed E-state index contributed by atoms with van der Waals surface area (Å²) in [6.07, 6.45) is 9.11. The maximum atomic E-state index is 9.83. The van der Waals surface area contributed by atoms with Crippen molar-refractivity contribution in [3.05, 3.63) is 24.7 Å². The average Bonchev–Trinajstić information content (AvgIpc) is 3.19. The molecule has 0 radical (unpaired) electrons. The van der Waals surface area contributed by atoms with Gasteiger partial charge in [0, 0.05) is 43.0 Å². The Morgan fingerprint density at radius 1 is 1.24 bits per heavy atom. The minimum atomic E-state index is -0.171. The largest absolute Gasteiger partial charge is 0.393 e. The van der Waals surface area contributed by atoms with Crippen molar-refractivity contribution in [2.45, 2.75) is 44.8 Å². The Labute approximate surface area is 146 Å². The molecule has 1 saturated carbocycles. The summed E-state index contributed by atoms with van der Waals surface area (Å²) < 4.78 is 3.92. The SMILES string of the molecule is CCNc1cc2c(cn1)c(-c1cnn(C)c1)nn2C1CCC(O)CC1. The van der Waals surface area contributed by atoms with Crippen LogP contribution in [0.4, 0.5) is 5.82 Å². The van der Waals surface area contributed by atoms with Gasteiger partial charge < -0.3 is 10.4 Å². The zero-order chi connectivity index (χ0) is 17.4. The summed E-state index contributed by atoms with van der Waals surface area (Å²) in [4.78, 5) is 4.53. The molecule has 0 aliphatic heterocycles. The van der Waals surface area contributed by atoms with E-state index in [0.717, 1.165) is 60.2 Å². The molecular weight excluding hydrogens is 316 g/mol. The molecule has 4 rings (SSSR count). The maximum absolute atomic E-state index is 9.83. The normalized spacial score (nSPS) is 20.9. The van der Waals surface area contributed by atoms with Crippen molar-refractivity contribution in [1.29, 1.82) is 0 Å². The summed E-state index contributed by atoms with van der Waals surface area (Å²) >= 11 is 0. The summed E-state index contributed by atoms with van der Waals surface area (Å²) in [7, 11) is 1.91. The summed E-state index contributed by atoms with van der Waals surface area (Å²) in [6.45, 7) is 2.89. The van der Waals surface area contributed by atoms with Crippen LogP contribution in [-0.4, -0.2) is 42.3 Å². The van der Waals surface area contributed by atoms with Crippen molar-refractivity contribution in [2.24, 2.45) is 7.05 Å². The highest BCUT2D eigenvalue weighted by molar-refractivity contribution is 5.93. The average molecular weight is 340 g/mol. The van der Waals surface area contributed by atoms with Crippen molar-refractivity contribution in [3.8, 4) is 11.3 Å². The van der Waals surface area contributed by atoms with E-state index in [2.05, 4.69) is 33.1 Å². The van der Waals surface area contributed by atoms with E-state index in [-0.39, 0.29) is 6.10 Å². The van der Waals surface area contributed by atoms with Gasteiger partial charge in [-0.2, -0.15) is 10.2 Å². The van der Waals surface area contributed by atoms with Crippen molar-refractivity contribution in [2.75, 3.05) is 11.9 Å². The van der Waals surface area contributed by atoms with Gasteiger partial charge in [0.15, 0.2) is 0 Å². The third kappa shape index (κ3) is 3.00. The minimum absolute atomic E-state index is 0.171. The van der Waals surface area contributed by atoms with E-state index in [1.165, 1.54) is 0 Å². The Hall–Kier alpha value is -2.41. The molecule has 0 spiro atoms. The lowest BCUT2D eigenvalue weighted by Gasteiger charge is -2.26. The molecule has 1 fully saturated rings. The van der Waals surface area contributed by atoms with Crippen LogP contribution in [0.15, 0.2) is 24.7 Å². The van der Waals surface area contributed by atoms with Crippen LogP contribution in [0.25, 0.3) is 22.2 Å². The summed E-state index contributed by atoms with van der Waals surface area (Å²) in [5, 5.41) is 23.4.